The highest BCUT2D eigenvalue weighted by atomic mass is 16.2. The molecule has 0 aliphatic carbocycles. The minimum atomic E-state index is -0.436. The van der Waals surface area contributed by atoms with Gasteiger partial charge in [0.2, 0.25) is 5.91 Å². The van der Waals surface area contributed by atoms with Gasteiger partial charge in [0.1, 0.15) is 0 Å². The van der Waals surface area contributed by atoms with Crippen LogP contribution in [0.4, 0.5) is 11.4 Å². The van der Waals surface area contributed by atoms with Gasteiger partial charge in [0.05, 0.1) is 17.4 Å². The maximum atomic E-state index is 11.9. The smallest absolute Gasteiger partial charge is 0.241 e. The average molecular weight is 261 g/mol. The van der Waals surface area contributed by atoms with Crippen molar-refractivity contribution in [2.45, 2.75) is 38.6 Å². The van der Waals surface area contributed by atoms with Gasteiger partial charge >= 0.3 is 0 Å². The fourth-order valence-corrected chi connectivity index (χ4v) is 2.40. The molecule has 4 heteroatoms. The standard InChI is InChI=1S/C15H23N3O/c1-2-12(16)15(19)17-13-8-4-5-9-14(13)18-10-6-3-7-11-18/h4-5,8-9,12H,2-3,6-7,10-11,16H2,1H3,(H,17,19)/t12-/m0/s1. The molecule has 19 heavy (non-hydrogen) atoms. The summed E-state index contributed by atoms with van der Waals surface area (Å²) in [5.41, 5.74) is 7.75. The zero-order chi connectivity index (χ0) is 13.7. The number of piperidine rings is 1. The summed E-state index contributed by atoms with van der Waals surface area (Å²) in [5, 5.41) is 2.95. The van der Waals surface area contributed by atoms with Crippen LogP contribution in [0.25, 0.3) is 0 Å². The van der Waals surface area contributed by atoms with E-state index in [2.05, 4.69) is 16.3 Å². The molecule has 0 aromatic heterocycles. The third-order valence-electron chi connectivity index (χ3n) is 3.64. The highest BCUT2D eigenvalue weighted by Crippen LogP contribution is 2.28. The van der Waals surface area contributed by atoms with Gasteiger partial charge in [-0.15, -0.1) is 0 Å². The van der Waals surface area contributed by atoms with Crippen molar-refractivity contribution in [3.05, 3.63) is 24.3 Å². The molecule has 1 aromatic carbocycles. The van der Waals surface area contributed by atoms with Crippen LogP contribution in [0.15, 0.2) is 24.3 Å². The molecule has 1 aliphatic rings. The lowest BCUT2D eigenvalue weighted by Crippen LogP contribution is -2.36. The third kappa shape index (κ3) is 3.47. The topological polar surface area (TPSA) is 58.4 Å². The van der Waals surface area contributed by atoms with Crippen LogP contribution in [-0.2, 0) is 4.79 Å². The van der Waals surface area contributed by atoms with E-state index in [1.807, 2.05) is 25.1 Å². The quantitative estimate of drug-likeness (QED) is 0.874. The second kappa shape index (κ2) is 6.57. The fourth-order valence-electron chi connectivity index (χ4n) is 2.40. The van der Waals surface area contributed by atoms with Crippen molar-refractivity contribution in [2.24, 2.45) is 5.73 Å². The summed E-state index contributed by atoms with van der Waals surface area (Å²) < 4.78 is 0. The second-order valence-corrected chi connectivity index (χ2v) is 5.07. The first kappa shape index (κ1) is 13.9. The van der Waals surface area contributed by atoms with E-state index >= 15 is 0 Å². The van der Waals surface area contributed by atoms with Crippen molar-refractivity contribution in [3.8, 4) is 0 Å². The maximum absolute atomic E-state index is 11.9. The van der Waals surface area contributed by atoms with Gasteiger partial charge in [-0.3, -0.25) is 4.79 Å². The molecule has 4 nitrogen and oxygen atoms in total. The van der Waals surface area contributed by atoms with Crippen molar-refractivity contribution >= 4 is 17.3 Å². The average Bonchev–Trinajstić information content (AvgIpc) is 2.47. The number of nitrogens with zero attached hydrogens (tertiary/aromatic N) is 1. The highest BCUT2D eigenvalue weighted by Gasteiger charge is 2.17. The van der Waals surface area contributed by atoms with Crippen LogP contribution < -0.4 is 16.0 Å². The van der Waals surface area contributed by atoms with Gasteiger partial charge in [-0.05, 0) is 37.8 Å². The summed E-state index contributed by atoms with van der Waals surface area (Å²) >= 11 is 0. The van der Waals surface area contributed by atoms with Crippen LogP contribution in [-0.4, -0.2) is 25.0 Å². The number of amides is 1. The molecule has 0 radical (unpaired) electrons. The first-order chi connectivity index (χ1) is 9.22. The fraction of sp³-hybridized carbons (Fsp3) is 0.533. The predicted octanol–water partition coefficient (Wildman–Crippen LogP) is 2.35. The number of carbonyl (C=O) groups excluding carboxylic acids is 1. The number of para-hydroxylation sites is 2. The highest BCUT2D eigenvalue weighted by molar-refractivity contribution is 5.97. The van der Waals surface area contributed by atoms with Crippen molar-refractivity contribution in [1.82, 2.24) is 0 Å². The van der Waals surface area contributed by atoms with Crippen molar-refractivity contribution in [3.63, 3.8) is 0 Å². The molecule has 3 N–H and O–H groups in total. The molecule has 0 bridgehead atoms. The van der Waals surface area contributed by atoms with Gasteiger partial charge in [-0.1, -0.05) is 19.1 Å². The Bertz CT molecular complexity index is 427. The first-order valence-electron chi connectivity index (χ1n) is 7.12. The molecular formula is C15H23N3O. The molecule has 1 heterocycles. The number of hydrogen-bond acceptors (Lipinski definition) is 3. The van der Waals surface area contributed by atoms with E-state index in [0.29, 0.717) is 6.42 Å². The Labute approximate surface area is 115 Å². The lowest BCUT2D eigenvalue weighted by atomic mass is 10.1. The summed E-state index contributed by atoms with van der Waals surface area (Å²) in [7, 11) is 0. The zero-order valence-corrected chi connectivity index (χ0v) is 11.6. The largest absolute Gasteiger partial charge is 0.370 e. The Hall–Kier alpha value is -1.55. The molecule has 1 saturated heterocycles. The van der Waals surface area contributed by atoms with Crippen LogP contribution in [0.5, 0.6) is 0 Å². The van der Waals surface area contributed by atoms with E-state index in [1.54, 1.807) is 0 Å². The van der Waals surface area contributed by atoms with Crippen LogP contribution in [0.3, 0.4) is 0 Å². The first-order valence-corrected chi connectivity index (χ1v) is 7.12. The molecule has 0 saturated carbocycles. The van der Waals surface area contributed by atoms with Crippen molar-refractivity contribution in [1.29, 1.82) is 0 Å². The summed E-state index contributed by atoms with van der Waals surface area (Å²) in [4.78, 5) is 14.3. The summed E-state index contributed by atoms with van der Waals surface area (Å²) in [6.45, 7) is 4.04. The molecule has 2 rings (SSSR count). The van der Waals surface area contributed by atoms with E-state index in [9.17, 15) is 4.79 Å². The summed E-state index contributed by atoms with van der Waals surface area (Å²) in [6, 6.07) is 7.54. The molecule has 1 amide bonds. The van der Waals surface area contributed by atoms with Crippen LogP contribution in [0.1, 0.15) is 32.6 Å². The van der Waals surface area contributed by atoms with Gasteiger partial charge in [0.15, 0.2) is 0 Å². The number of hydrogen-bond donors (Lipinski definition) is 2. The van der Waals surface area contributed by atoms with Gasteiger partial charge in [-0.2, -0.15) is 0 Å². The van der Waals surface area contributed by atoms with E-state index in [1.165, 1.54) is 19.3 Å². The molecule has 0 spiro atoms. The molecule has 1 fully saturated rings. The normalized spacial score (nSPS) is 17.1. The Morgan fingerprint density at radius 2 is 2.00 bits per heavy atom. The molecule has 104 valence electrons. The SMILES string of the molecule is CC[C@H](N)C(=O)Nc1ccccc1N1CCCCC1. The Morgan fingerprint density at radius 3 is 2.68 bits per heavy atom. The number of rotatable bonds is 4. The second-order valence-electron chi connectivity index (χ2n) is 5.07. The molecule has 1 aromatic rings. The van der Waals surface area contributed by atoms with E-state index in [4.69, 9.17) is 5.73 Å². The van der Waals surface area contributed by atoms with Crippen LogP contribution in [0.2, 0.25) is 0 Å². The summed E-state index contributed by atoms with van der Waals surface area (Å²) in [6.07, 6.45) is 4.39. The van der Waals surface area contributed by atoms with Crippen molar-refractivity contribution < 1.29 is 4.79 Å². The van der Waals surface area contributed by atoms with Crippen LogP contribution >= 0.6 is 0 Å². The van der Waals surface area contributed by atoms with Crippen LogP contribution in [0, 0.1) is 0 Å². The Balaban J connectivity index is 2.13. The molecule has 1 aliphatic heterocycles. The number of carbonyl (C=O) groups is 1. The zero-order valence-electron chi connectivity index (χ0n) is 11.6. The van der Waals surface area contributed by atoms with E-state index < -0.39 is 6.04 Å². The summed E-state index contributed by atoms with van der Waals surface area (Å²) in [5.74, 6) is -0.105. The molecule has 1 atom stereocenters. The molecular weight excluding hydrogens is 238 g/mol. The van der Waals surface area contributed by atoms with Gasteiger partial charge in [-0.25, -0.2) is 0 Å². The minimum absolute atomic E-state index is 0.105. The van der Waals surface area contributed by atoms with Gasteiger partial charge in [0, 0.05) is 13.1 Å². The predicted molar refractivity (Wildman–Crippen MR) is 79.4 cm³/mol. The third-order valence-corrected chi connectivity index (χ3v) is 3.64. The maximum Gasteiger partial charge on any atom is 0.241 e. The lowest BCUT2D eigenvalue weighted by molar-refractivity contribution is -0.117. The minimum Gasteiger partial charge on any atom is -0.370 e. The van der Waals surface area contributed by atoms with Gasteiger partial charge in [0.25, 0.3) is 0 Å². The Kier molecular flexibility index (Phi) is 4.80. The Morgan fingerprint density at radius 1 is 1.32 bits per heavy atom. The monoisotopic (exact) mass is 261 g/mol. The number of anilines is 2. The van der Waals surface area contributed by atoms with E-state index in [0.717, 1.165) is 24.5 Å². The number of nitrogens with one attached hydrogen (secondary N) is 1. The number of nitrogens with two attached hydrogens (primary N) is 1. The molecule has 0 unspecified atom stereocenters. The van der Waals surface area contributed by atoms with E-state index in [-0.39, 0.29) is 5.91 Å². The van der Waals surface area contributed by atoms with Crippen molar-refractivity contribution in [2.75, 3.05) is 23.3 Å². The number of benzene rings is 1. The lowest BCUT2D eigenvalue weighted by Gasteiger charge is -2.30. The van der Waals surface area contributed by atoms with Gasteiger partial charge < -0.3 is 16.0 Å².